The number of halogens is 1. The van der Waals surface area contributed by atoms with E-state index < -0.39 is 11.2 Å². The van der Waals surface area contributed by atoms with Crippen molar-refractivity contribution < 1.29 is 0 Å². The third-order valence-electron chi connectivity index (χ3n) is 3.47. The van der Waals surface area contributed by atoms with E-state index in [9.17, 15) is 9.59 Å². The molecular weight excluding hydrogens is 332 g/mol. The first-order chi connectivity index (χ1) is 11.6. The lowest BCUT2D eigenvalue weighted by Gasteiger charge is -2.06. The van der Waals surface area contributed by atoms with Gasteiger partial charge in [-0.05, 0) is 12.1 Å². The van der Waals surface area contributed by atoms with Crippen LogP contribution in [-0.4, -0.2) is 29.3 Å². The molecule has 0 atom stereocenters. The summed E-state index contributed by atoms with van der Waals surface area (Å²) in [6.45, 7) is 0. The summed E-state index contributed by atoms with van der Waals surface area (Å²) in [4.78, 5) is 34.0. The Bertz CT molecular complexity index is 1160. The van der Waals surface area contributed by atoms with E-state index >= 15 is 0 Å². The number of rotatable bonds is 2. The van der Waals surface area contributed by atoms with Gasteiger partial charge < -0.3 is 0 Å². The summed E-state index contributed by atoms with van der Waals surface area (Å²) in [5, 5.41) is 4.75. The second-order valence-corrected chi connectivity index (χ2v) is 5.34. The van der Waals surface area contributed by atoms with E-state index in [1.54, 1.807) is 10.9 Å². The Balaban J connectivity index is 2.00. The number of para-hydroxylation sites is 1. The van der Waals surface area contributed by atoms with Gasteiger partial charge in [0.25, 0.3) is 5.56 Å². The number of nitrogens with one attached hydrogen (secondary N) is 1. The van der Waals surface area contributed by atoms with Gasteiger partial charge in [-0.3, -0.25) is 14.3 Å². The summed E-state index contributed by atoms with van der Waals surface area (Å²) in [5.41, 5.74) is 0.0597. The fourth-order valence-corrected chi connectivity index (χ4v) is 2.53. The normalized spacial score (nSPS) is 11.0. The smallest absolute Gasteiger partial charge is 0.272 e. The topological polar surface area (TPSA) is 98.5 Å². The summed E-state index contributed by atoms with van der Waals surface area (Å²) < 4.78 is 2.80. The molecule has 0 fully saturated rings. The lowest BCUT2D eigenvalue weighted by Crippen LogP contribution is -2.29. The van der Waals surface area contributed by atoms with Gasteiger partial charge in [-0.2, -0.15) is 5.10 Å². The Morgan fingerprint density at radius 1 is 1.08 bits per heavy atom. The number of aromatic nitrogens is 6. The minimum Gasteiger partial charge on any atom is -0.272 e. The largest absolute Gasteiger partial charge is 0.334 e. The van der Waals surface area contributed by atoms with Crippen molar-refractivity contribution in [2.75, 3.05) is 0 Å². The number of nitrogens with zero attached hydrogens (tertiary/aromatic N) is 5. The standard InChI is InChI=1S/C15H9ClN6O2/c16-11-7-21(15(24)20-14(11)23)12-10-6-19-22(13(10)18-8-17-12)9-4-2-1-3-5-9/h1-8H,(H,20,23,24). The zero-order valence-electron chi connectivity index (χ0n) is 12.0. The lowest BCUT2D eigenvalue weighted by molar-refractivity contribution is 0.866. The highest BCUT2D eigenvalue weighted by atomic mass is 35.5. The number of H-pyrrole nitrogens is 1. The molecule has 0 aliphatic carbocycles. The summed E-state index contributed by atoms with van der Waals surface area (Å²) in [5.74, 6) is 0.283. The summed E-state index contributed by atoms with van der Waals surface area (Å²) in [6.07, 6.45) is 4.11. The second kappa shape index (κ2) is 5.43. The van der Waals surface area contributed by atoms with Crippen LogP contribution >= 0.6 is 11.6 Å². The molecule has 118 valence electrons. The van der Waals surface area contributed by atoms with E-state index in [4.69, 9.17) is 11.6 Å². The number of benzene rings is 1. The van der Waals surface area contributed by atoms with Crippen LogP contribution in [0.25, 0.3) is 22.5 Å². The van der Waals surface area contributed by atoms with Crippen LogP contribution in [0.1, 0.15) is 0 Å². The number of fused-ring (bicyclic) bond motifs is 1. The molecule has 1 aromatic carbocycles. The first kappa shape index (κ1) is 14.3. The van der Waals surface area contributed by atoms with E-state index in [-0.39, 0.29) is 10.8 Å². The molecule has 1 N–H and O–H groups in total. The molecule has 24 heavy (non-hydrogen) atoms. The van der Waals surface area contributed by atoms with Crippen molar-refractivity contribution in [3.8, 4) is 11.5 Å². The molecule has 0 aliphatic heterocycles. The van der Waals surface area contributed by atoms with Gasteiger partial charge in [0.05, 0.1) is 17.3 Å². The maximum atomic E-state index is 12.1. The fourth-order valence-electron chi connectivity index (χ4n) is 2.39. The number of aromatic amines is 1. The van der Waals surface area contributed by atoms with Crippen LogP contribution in [0.3, 0.4) is 0 Å². The van der Waals surface area contributed by atoms with Gasteiger partial charge in [-0.25, -0.2) is 19.4 Å². The van der Waals surface area contributed by atoms with Crippen LogP contribution < -0.4 is 11.2 Å². The van der Waals surface area contributed by atoms with Gasteiger partial charge in [0.15, 0.2) is 11.5 Å². The average molecular weight is 341 g/mol. The molecule has 0 saturated carbocycles. The zero-order chi connectivity index (χ0) is 16.7. The van der Waals surface area contributed by atoms with E-state index in [0.717, 1.165) is 10.3 Å². The molecule has 0 spiro atoms. The molecule has 0 unspecified atom stereocenters. The first-order valence-electron chi connectivity index (χ1n) is 6.91. The van der Waals surface area contributed by atoms with Crippen molar-refractivity contribution in [1.82, 2.24) is 29.3 Å². The van der Waals surface area contributed by atoms with Crippen molar-refractivity contribution in [3.05, 3.63) is 74.9 Å². The SMILES string of the molecule is O=c1[nH]c(=O)n(-c2ncnc3c2cnn3-c2ccccc2)cc1Cl. The number of hydrogen-bond donors (Lipinski definition) is 1. The molecule has 0 saturated heterocycles. The highest BCUT2D eigenvalue weighted by molar-refractivity contribution is 6.30. The molecule has 0 aliphatic rings. The van der Waals surface area contributed by atoms with Crippen LogP contribution in [0, 0.1) is 0 Å². The molecule has 0 radical (unpaired) electrons. The monoisotopic (exact) mass is 340 g/mol. The Kier molecular flexibility index (Phi) is 3.24. The predicted molar refractivity (Wildman–Crippen MR) is 87.9 cm³/mol. The van der Waals surface area contributed by atoms with Crippen molar-refractivity contribution >= 4 is 22.6 Å². The Labute approximate surface area is 139 Å². The Morgan fingerprint density at radius 3 is 2.67 bits per heavy atom. The molecule has 8 nitrogen and oxygen atoms in total. The van der Waals surface area contributed by atoms with Crippen molar-refractivity contribution in [2.24, 2.45) is 0 Å². The average Bonchev–Trinajstić information content (AvgIpc) is 3.03. The van der Waals surface area contributed by atoms with E-state index in [2.05, 4.69) is 20.1 Å². The molecule has 4 aromatic rings. The zero-order valence-corrected chi connectivity index (χ0v) is 12.8. The van der Waals surface area contributed by atoms with Gasteiger partial charge in [-0.1, -0.05) is 29.8 Å². The van der Waals surface area contributed by atoms with Gasteiger partial charge in [-0.15, -0.1) is 0 Å². The molecule has 3 aromatic heterocycles. The van der Waals surface area contributed by atoms with Crippen LogP contribution in [0.4, 0.5) is 0 Å². The van der Waals surface area contributed by atoms with Gasteiger partial charge in [0.2, 0.25) is 0 Å². The van der Waals surface area contributed by atoms with E-state index in [1.165, 1.54) is 12.5 Å². The quantitative estimate of drug-likeness (QED) is 0.593. The van der Waals surface area contributed by atoms with E-state index in [0.29, 0.717) is 11.0 Å². The maximum Gasteiger partial charge on any atom is 0.334 e. The highest BCUT2D eigenvalue weighted by Gasteiger charge is 2.14. The highest BCUT2D eigenvalue weighted by Crippen LogP contribution is 2.20. The first-order valence-corrected chi connectivity index (χ1v) is 7.29. The molecule has 0 bridgehead atoms. The summed E-state index contributed by atoms with van der Waals surface area (Å²) in [6, 6.07) is 9.44. The van der Waals surface area contributed by atoms with Crippen molar-refractivity contribution in [3.63, 3.8) is 0 Å². The third-order valence-corrected chi connectivity index (χ3v) is 3.74. The summed E-state index contributed by atoms with van der Waals surface area (Å²) >= 11 is 5.82. The Hall–Kier alpha value is -3.26. The fraction of sp³-hybridized carbons (Fsp3) is 0. The minimum atomic E-state index is -0.650. The van der Waals surface area contributed by atoms with Crippen LogP contribution in [0.2, 0.25) is 5.02 Å². The molecule has 4 rings (SSSR count). The molecular formula is C15H9ClN6O2. The van der Waals surface area contributed by atoms with Crippen LogP contribution in [0.15, 0.2) is 58.6 Å². The third kappa shape index (κ3) is 2.20. The van der Waals surface area contributed by atoms with Gasteiger partial charge in [0.1, 0.15) is 11.3 Å². The van der Waals surface area contributed by atoms with E-state index in [1.807, 2.05) is 30.3 Å². The number of hydrogen-bond acceptors (Lipinski definition) is 5. The van der Waals surface area contributed by atoms with Gasteiger partial charge >= 0.3 is 5.69 Å². The van der Waals surface area contributed by atoms with Gasteiger partial charge in [0, 0.05) is 6.20 Å². The molecule has 3 heterocycles. The Morgan fingerprint density at radius 2 is 1.88 bits per heavy atom. The summed E-state index contributed by atoms with van der Waals surface area (Å²) in [7, 11) is 0. The molecule has 9 heteroatoms. The lowest BCUT2D eigenvalue weighted by atomic mass is 10.3. The van der Waals surface area contributed by atoms with Crippen molar-refractivity contribution in [1.29, 1.82) is 0 Å². The van der Waals surface area contributed by atoms with Crippen LogP contribution in [-0.2, 0) is 0 Å². The second-order valence-electron chi connectivity index (χ2n) is 4.93. The molecule has 0 amide bonds. The van der Waals surface area contributed by atoms with Crippen LogP contribution in [0.5, 0.6) is 0 Å². The maximum absolute atomic E-state index is 12.1. The predicted octanol–water partition coefficient (Wildman–Crippen LogP) is 1.31. The minimum absolute atomic E-state index is 0.114. The van der Waals surface area contributed by atoms with Crippen molar-refractivity contribution in [2.45, 2.75) is 0 Å².